The number of piperidine rings is 1. The summed E-state index contributed by atoms with van der Waals surface area (Å²) in [6.45, 7) is 2.25. The van der Waals surface area contributed by atoms with Crippen molar-refractivity contribution >= 4 is 10.0 Å². The minimum Gasteiger partial charge on any atom is -0.393 e. The van der Waals surface area contributed by atoms with E-state index in [0.29, 0.717) is 19.0 Å². The third-order valence-corrected chi connectivity index (χ3v) is 5.64. The summed E-state index contributed by atoms with van der Waals surface area (Å²) in [5.41, 5.74) is -0.0458. The second-order valence-corrected chi connectivity index (χ2v) is 7.46. The third-order valence-electron chi connectivity index (χ3n) is 3.85. The number of benzene rings is 1. The number of hydrogen-bond acceptors (Lipinski definition) is 3. The summed E-state index contributed by atoms with van der Waals surface area (Å²) in [6, 6.07) is 2.88. The number of hydrogen-bond donors (Lipinski definition) is 1. The van der Waals surface area contributed by atoms with Crippen LogP contribution in [0.1, 0.15) is 25.3 Å². The topological polar surface area (TPSA) is 57.6 Å². The molecule has 118 valence electrons. The summed E-state index contributed by atoms with van der Waals surface area (Å²) in [5, 5.41) is 9.60. The zero-order chi connectivity index (χ0) is 15.6. The molecule has 1 heterocycles. The molecule has 0 aliphatic carbocycles. The number of nitrogens with zero attached hydrogens (tertiary/aromatic N) is 1. The molecule has 1 N–H and O–H groups in total. The number of aliphatic hydroxyl groups excluding tert-OH is 1. The Morgan fingerprint density at radius 2 is 2.14 bits per heavy atom. The zero-order valence-electron chi connectivity index (χ0n) is 11.8. The lowest BCUT2D eigenvalue weighted by atomic mass is 9.95. The van der Waals surface area contributed by atoms with Crippen molar-refractivity contribution in [3.8, 4) is 0 Å². The molecule has 0 amide bonds. The van der Waals surface area contributed by atoms with Crippen LogP contribution in [0, 0.1) is 17.6 Å². The molecule has 1 aromatic carbocycles. The summed E-state index contributed by atoms with van der Waals surface area (Å²) < 4.78 is 52.4. The normalized spacial score (nSPS) is 22.2. The second kappa shape index (κ2) is 6.37. The van der Waals surface area contributed by atoms with Gasteiger partial charge in [-0.05, 0) is 31.7 Å². The molecule has 0 bridgehead atoms. The Labute approximate surface area is 123 Å². The van der Waals surface area contributed by atoms with E-state index < -0.39 is 33.5 Å². The van der Waals surface area contributed by atoms with Crippen LogP contribution >= 0.6 is 0 Å². The van der Waals surface area contributed by atoms with Crippen molar-refractivity contribution in [3.63, 3.8) is 0 Å². The van der Waals surface area contributed by atoms with Crippen LogP contribution < -0.4 is 0 Å². The average Bonchev–Trinajstić information content (AvgIpc) is 2.42. The van der Waals surface area contributed by atoms with Crippen LogP contribution in [0.3, 0.4) is 0 Å². The van der Waals surface area contributed by atoms with E-state index in [1.165, 1.54) is 4.31 Å². The molecule has 1 aliphatic rings. The predicted molar refractivity (Wildman–Crippen MR) is 75.0 cm³/mol. The lowest BCUT2D eigenvalue weighted by Gasteiger charge is -2.33. The van der Waals surface area contributed by atoms with Crippen LogP contribution in [0.4, 0.5) is 8.78 Å². The van der Waals surface area contributed by atoms with Crippen molar-refractivity contribution in [3.05, 3.63) is 35.4 Å². The van der Waals surface area contributed by atoms with E-state index in [4.69, 9.17) is 0 Å². The van der Waals surface area contributed by atoms with Gasteiger partial charge in [-0.3, -0.25) is 0 Å². The molecule has 1 aliphatic heterocycles. The van der Waals surface area contributed by atoms with Crippen molar-refractivity contribution in [2.75, 3.05) is 13.1 Å². The van der Waals surface area contributed by atoms with E-state index in [1.807, 2.05) is 0 Å². The van der Waals surface area contributed by atoms with E-state index in [2.05, 4.69) is 0 Å². The van der Waals surface area contributed by atoms with Gasteiger partial charge in [0.15, 0.2) is 0 Å². The SMILES string of the molecule is CC(O)C1CCCN(S(=O)(=O)Cc2ccc(F)cc2F)C1. The highest BCUT2D eigenvalue weighted by atomic mass is 32.2. The minimum atomic E-state index is -3.68. The quantitative estimate of drug-likeness (QED) is 0.922. The van der Waals surface area contributed by atoms with Gasteiger partial charge in [-0.25, -0.2) is 21.5 Å². The lowest BCUT2D eigenvalue weighted by molar-refractivity contribution is 0.0885. The van der Waals surface area contributed by atoms with E-state index >= 15 is 0 Å². The van der Waals surface area contributed by atoms with Gasteiger partial charge in [0, 0.05) is 24.7 Å². The van der Waals surface area contributed by atoms with Gasteiger partial charge in [0.05, 0.1) is 11.9 Å². The molecular weight excluding hydrogens is 300 g/mol. The number of sulfonamides is 1. The molecule has 2 unspecified atom stereocenters. The Morgan fingerprint density at radius 3 is 2.76 bits per heavy atom. The number of aliphatic hydroxyl groups is 1. The van der Waals surface area contributed by atoms with Crippen LogP contribution in [0.15, 0.2) is 18.2 Å². The highest BCUT2D eigenvalue weighted by molar-refractivity contribution is 7.88. The van der Waals surface area contributed by atoms with Crippen LogP contribution in [-0.2, 0) is 15.8 Å². The summed E-state index contributed by atoms with van der Waals surface area (Å²) in [6.07, 6.45) is 0.862. The van der Waals surface area contributed by atoms with Crippen molar-refractivity contribution in [2.24, 2.45) is 5.92 Å². The Kier molecular flexibility index (Phi) is 4.95. The van der Waals surface area contributed by atoms with Crippen molar-refractivity contribution < 1.29 is 22.3 Å². The molecular formula is C14H19F2NO3S. The molecule has 2 rings (SSSR count). The molecule has 1 saturated heterocycles. The Hall–Kier alpha value is -1.05. The second-order valence-electron chi connectivity index (χ2n) is 5.49. The van der Waals surface area contributed by atoms with Crippen LogP contribution in [0.2, 0.25) is 0 Å². The van der Waals surface area contributed by atoms with Gasteiger partial charge in [-0.2, -0.15) is 0 Å². The summed E-state index contributed by atoms with van der Waals surface area (Å²) in [5.74, 6) is -2.19. The molecule has 0 aromatic heterocycles. The van der Waals surface area contributed by atoms with Gasteiger partial charge >= 0.3 is 0 Å². The Bertz CT molecular complexity index is 604. The third kappa shape index (κ3) is 3.99. The number of halogens is 2. The van der Waals surface area contributed by atoms with Crippen molar-refractivity contribution in [1.82, 2.24) is 4.31 Å². The standard InChI is InChI=1S/C14H19F2NO3S/c1-10(18)11-3-2-6-17(8-11)21(19,20)9-12-4-5-13(15)7-14(12)16/h4-5,7,10-11,18H,2-3,6,8-9H2,1H3. The van der Waals surface area contributed by atoms with Gasteiger partial charge in [-0.1, -0.05) is 6.07 Å². The molecule has 0 saturated carbocycles. The largest absolute Gasteiger partial charge is 0.393 e. The molecule has 0 spiro atoms. The smallest absolute Gasteiger partial charge is 0.218 e. The maximum atomic E-state index is 13.6. The molecule has 1 fully saturated rings. The highest BCUT2D eigenvalue weighted by Gasteiger charge is 2.31. The minimum absolute atomic E-state index is 0.0458. The van der Waals surface area contributed by atoms with Gasteiger partial charge in [-0.15, -0.1) is 0 Å². The van der Waals surface area contributed by atoms with E-state index in [0.717, 1.165) is 18.6 Å². The Morgan fingerprint density at radius 1 is 1.43 bits per heavy atom. The van der Waals surface area contributed by atoms with Gasteiger partial charge in [0.25, 0.3) is 0 Å². The van der Waals surface area contributed by atoms with E-state index in [9.17, 15) is 22.3 Å². The lowest BCUT2D eigenvalue weighted by Crippen LogP contribution is -2.43. The molecule has 1 aromatic rings. The summed E-state index contributed by atoms with van der Waals surface area (Å²) >= 11 is 0. The fourth-order valence-corrected chi connectivity index (χ4v) is 4.18. The summed E-state index contributed by atoms with van der Waals surface area (Å²) in [4.78, 5) is 0. The molecule has 0 radical (unpaired) electrons. The average molecular weight is 319 g/mol. The van der Waals surface area contributed by atoms with Crippen LogP contribution in [-0.4, -0.2) is 37.0 Å². The fraction of sp³-hybridized carbons (Fsp3) is 0.571. The monoisotopic (exact) mass is 319 g/mol. The first-order valence-corrected chi connectivity index (χ1v) is 8.50. The number of rotatable bonds is 4. The van der Waals surface area contributed by atoms with E-state index in [1.54, 1.807) is 6.92 Å². The Balaban J connectivity index is 2.14. The van der Waals surface area contributed by atoms with Crippen LogP contribution in [0.5, 0.6) is 0 Å². The van der Waals surface area contributed by atoms with Crippen LogP contribution in [0.25, 0.3) is 0 Å². The summed E-state index contributed by atoms with van der Waals surface area (Å²) in [7, 11) is -3.68. The maximum Gasteiger partial charge on any atom is 0.218 e. The maximum absolute atomic E-state index is 13.6. The first-order chi connectivity index (χ1) is 9.79. The molecule has 2 atom stereocenters. The highest BCUT2D eigenvalue weighted by Crippen LogP contribution is 2.24. The molecule has 4 nitrogen and oxygen atoms in total. The first-order valence-electron chi connectivity index (χ1n) is 6.89. The fourth-order valence-electron chi connectivity index (χ4n) is 2.55. The zero-order valence-corrected chi connectivity index (χ0v) is 12.6. The van der Waals surface area contributed by atoms with Gasteiger partial charge in [0.2, 0.25) is 10.0 Å². The first kappa shape index (κ1) is 16.3. The van der Waals surface area contributed by atoms with Crippen molar-refractivity contribution in [2.45, 2.75) is 31.6 Å². The van der Waals surface area contributed by atoms with E-state index in [-0.39, 0.29) is 18.0 Å². The molecule has 7 heteroatoms. The van der Waals surface area contributed by atoms with Gasteiger partial charge < -0.3 is 5.11 Å². The predicted octanol–water partition coefficient (Wildman–Crippen LogP) is 1.89. The van der Waals surface area contributed by atoms with Crippen molar-refractivity contribution in [1.29, 1.82) is 0 Å². The molecule has 21 heavy (non-hydrogen) atoms. The van der Waals surface area contributed by atoms with Gasteiger partial charge in [0.1, 0.15) is 11.6 Å².